The number of rotatable bonds is 1. The molecular formula is C13H17FOS. The summed E-state index contributed by atoms with van der Waals surface area (Å²) in [4.78, 5) is 0. The third-order valence-corrected chi connectivity index (χ3v) is 4.70. The minimum absolute atomic E-state index is 0.127. The van der Waals surface area contributed by atoms with Crippen molar-refractivity contribution in [1.82, 2.24) is 0 Å². The first-order chi connectivity index (χ1) is 7.52. The minimum Gasteiger partial charge on any atom is -0.384 e. The van der Waals surface area contributed by atoms with Crippen molar-refractivity contribution in [2.75, 3.05) is 5.75 Å². The van der Waals surface area contributed by atoms with Gasteiger partial charge in [-0.05, 0) is 48.8 Å². The van der Waals surface area contributed by atoms with Crippen molar-refractivity contribution in [2.45, 2.75) is 37.5 Å². The molecule has 1 aromatic carbocycles. The van der Waals surface area contributed by atoms with Crippen molar-refractivity contribution in [3.8, 4) is 0 Å². The maximum Gasteiger partial charge on any atom is 0.123 e. The molecule has 1 heterocycles. The van der Waals surface area contributed by atoms with Gasteiger partial charge < -0.3 is 5.11 Å². The first-order valence-electron chi connectivity index (χ1n) is 5.64. The van der Waals surface area contributed by atoms with Gasteiger partial charge >= 0.3 is 0 Å². The molecule has 3 heteroatoms. The van der Waals surface area contributed by atoms with Gasteiger partial charge in [-0.1, -0.05) is 13.0 Å². The number of hydrogen-bond acceptors (Lipinski definition) is 2. The van der Waals surface area contributed by atoms with Gasteiger partial charge in [-0.3, -0.25) is 0 Å². The Bertz CT molecular complexity index is 373. The summed E-state index contributed by atoms with van der Waals surface area (Å²) in [5, 5.41) is 10.8. The molecule has 0 amide bonds. The summed E-state index contributed by atoms with van der Waals surface area (Å²) in [5.74, 6) is 0.823. The smallest absolute Gasteiger partial charge is 0.123 e. The van der Waals surface area contributed by atoms with Crippen molar-refractivity contribution in [2.24, 2.45) is 0 Å². The van der Waals surface area contributed by atoms with Crippen LogP contribution in [0.25, 0.3) is 0 Å². The quantitative estimate of drug-likeness (QED) is 0.813. The highest BCUT2D eigenvalue weighted by molar-refractivity contribution is 8.00. The number of aryl methyl sites for hydroxylation is 1. The molecule has 88 valence electrons. The normalized spacial score (nSPS) is 30.4. The molecule has 1 saturated heterocycles. The van der Waals surface area contributed by atoms with E-state index < -0.39 is 5.60 Å². The minimum atomic E-state index is -0.865. The molecule has 1 fully saturated rings. The lowest BCUT2D eigenvalue weighted by Gasteiger charge is -2.38. The Labute approximate surface area is 100 Å². The summed E-state index contributed by atoms with van der Waals surface area (Å²) in [7, 11) is 0. The summed E-state index contributed by atoms with van der Waals surface area (Å²) in [5.41, 5.74) is 0.728. The molecule has 2 rings (SSSR count). The summed E-state index contributed by atoms with van der Waals surface area (Å²) in [6.07, 6.45) is 1.71. The van der Waals surface area contributed by atoms with E-state index in [-0.39, 0.29) is 11.1 Å². The Morgan fingerprint density at radius 1 is 1.44 bits per heavy atom. The number of hydrogen-bond donors (Lipinski definition) is 1. The molecule has 1 aliphatic heterocycles. The van der Waals surface area contributed by atoms with Gasteiger partial charge in [0.25, 0.3) is 0 Å². The highest BCUT2D eigenvalue weighted by Gasteiger charge is 2.38. The van der Waals surface area contributed by atoms with E-state index in [4.69, 9.17) is 0 Å². The van der Waals surface area contributed by atoms with Crippen LogP contribution in [0, 0.1) is 12.7 Å². The van der Waals surface area contributed by atoms with E-state index >= 15 is 0 Å². The lowest BCUT2D eigenvalue weighted by molar-refractivity contribution is 0.0251. The first kappa shape index (κ1) is 11.9. The standard InChI is InChI=1S/C13H17FOS/c1-9-6-11(8-12(14)7-9)13(15)4-3-5-16-10(13)2/h6-8,10,15H,3-5H2,1-2H3. The average Bonchev–Trinajstić information content (AvgIpc) is 2.21. The molecule has 0 spiro atoms. The van der Waals surface area contributed by atoms with Crippen LogP contribution in [-0.4, -0.2) is 16.1 Å². The van der Waals surface area contributed by atoms with Gasteiger partial charge in [0.1, 0.15) is 11.4 Å². The Morgan fingerprint density at radius 2 is 2.19 bits per heavy atom. The maximum atomic E-state index is 13.4. The molecule has 0 aromatic heterocycles. The zero-order valence-electron chi connectivity index (χ0n) is 9.66. The van der Waals surface area contributed by atoms with E-state index in [1.165, 1.54) is 12.1 Å². The van der Waals surface area contributed by atoms with Gasteiger partial charge in [0, 0.05) is 5.25 Å². The van der Waals surface area contributed by atoms with Crippen molar-refractivity contribution in [3.63, 3.8) is 0 Å². The topological polar surface area (TPSA) is 20.2 Å². The molecule has 1 N–H and O–H groups in total. The summed E-state index contributed by atoms with van der Waals surface area (Å²) in [6, 6.07) is 4.86. The monoisotopic (exact) mass is 240 g/mol. The highest BCUT2D eigenvalue weighted by atomic mass is 32.2. The predicted octanol–water partition coefficient (Wildman–Crippen LogP) is 3.24. The van der Waals surface area contributed by atoms with Crippen LogP contribution in [0.3, 0.4) is 0 Å². The summed E-state index contributed by atoms with van der Waals surface area (Å²) < 4.78 is 13.4. The van der Waals surface area contributed by atoms with Gasteiger partial charge in [0.05, 0.1) is 0 Å². The molecule has 1 nitrogen and oxygen atoms in total. The van der Waals surface area contributed by atoms with Gasteiger partial charge in [0.15, 0.2) is 0 Å². The molecule has 2 unspecified atom stereocenters. The van der Waals surface area contributed by atoms with E-state index in [2.05, 4.69) is 0 Å². The number of benzene rings is 1. The Balaban J connectivity index is 2.40. The van der Waals surface area contributed by atoms with Crippen LogP contribution < -0.4 is 0 Å². The van der Waals surface area contributed by atoms with E-state index in [1.54, 1.807) is 11.8 Å². The Kier molecular flexibility index (Phi) is 3.27. The molecule has 1 aromatic rings. The van der Waals surface area contributed by atoms with Crippen LogP contribution in [0.15, 0.2) is 18.2 Å². The van der Waals surface area contributed by atoms with Crippen LogP contribution in [0.5, 0.6) is 0 Å². The van der Waals surface area contributed by atoms with Gasteiger partial charge in [0.2, 0.25) is 0 Å². The molecule has 1 aliphatic rings. The Morgan fingerprint density at radius 3 is 2.81 bits per heavy atom. The molecule has 0 aliphatic carbocycles. The molecule has 0 saturated carbocycles. The fourth-order valence-corrected chi connectivity index (χ4v) is 3.50. The first-order valence-corrected chi connectivity index (χ1v) is 6.69. The van der Waals surface area contributed by atoms with Gasteiger partial charge in [-0.2, -0.15) is 11.8 Å². The highest BCUT2D eigenvalue weighted by Crippen LogP contribution is 2.41. The fourth-order valence-electron chi connectivity index (χ4n) is 2.31. The Hall–Kier alpha value is -0.540. The average molecular weight is 240 g/mol. The second-order valence-electron chi connectivity index (χ2n) is 4.56. The van der Waals surface area contributed by atoms with E-state index in [0.29, 0.717) is 0 Å². The van der Waals surface area contributed by atoms with Crippen LogP contribution in [0.4, 0.5) is 4.39 Å². The van der Waals surface area contributed by atoms with E-state index in [0.717, 1.165) is 29.7 Å². The van der Waals surface area contributed by atoms with Crippen LogP contribution in [-0.2, 0) is 5.60 Å². The summed E-state index contributed by atoms with van der Waals surface area (Å²) in [6.45, 7) is 3.88. The third kappa shape index (κ3) is 2.11. The second kappa shape index (κ2) is 4.38. The lowest BCUT2D eigenvalue weighted by atomic mass is 9.85. The summed E-state index contributed by atoms with van der Waals surface area (Å²) >= 11 is 1.76. The van der Waals surface area contributed by atoms with Crippen molar-refractivity contribution >= 4 is 11.8 Å². The number of halogens is 1. The van der Waals surface area contributed by atoms with E-state index in [1.807, 2.05) is 19.9 Å². The SMILES string of the molecule is Cc1cc(F)cc(C2(O)CCCSC2C)c1. The zero-order chi connectivity index (χ0) is 11.8. The molecular weight excluding hydrogens is 223 g/mol. The van der Waals surface area contributed by atoms with Crippen molar-refractivity contribution < 1.29 is 9.50 Å². The fraction of sp³-hybridized carbons (Fsp3) is 0.538. The van der Waals surface area contributed by atoms with Crippen molar-refractivity contribution in [3.05, 3.63) is 35.1 Å². The van der Waals surface area contributed by atoms with Gasteiger partial charge in [-0.25, -0.2) is 4.39 Å². The molecule has 2 atom stereocenters. The second-order valence-corrected chi connectivity index (χ2v) is 6.01. The lowest BCUT2D eigenvalue weighted by Crippen LogP contribution is -2.38. The van der Waals surface area contributed by atoms with Gasteiger partial charge in [-0.15, -0.1) is 0 Å². The van der Waals surface area contributed by atoms with Crippen LogP contribution >= 0.6 is 11.8 Å². The molecule has 16 heavy (non-hydrogen) atoms. The van der Waals surface area contributed by atoms with E-state index in [9.17, 15) is 9.50 Å². The predicted molar refractivity (Wildman–Crippen MR) is 66.2 cm³/mol. The zero-order valence-corrected chi connectivity index (χ0v) is 10.5. The number of thioether (sulfide) groups is 1. The van der Waals surface area contributed by atoms with Crippen LogP contribution in [0.1, 0.15) is 30.9 Å². The third-order valence-electron chi connectivity index (χ3n) is 3.28. The maximum absolute atomic E-state index is 13.4. The largest absolute Gasteiger partial charge is 0.384 e. The number of aliphatic hydroxyl groups is 1. The van der Waals surface area contributed by atoms with Crippen molar-refractivity contribution in [1.29, 1.82) is 0 Å². The molecule has 0 bridgehead atoms. The van der Waals surface area contributed by atoms with Crippen LogP contribution in [0.2, 0.25) is 0 Å². The molecule has 0 radical (unpaired) electrons.